The molecule has 166 valence electrons. The molecule has 1 amide bonds. The van der Waals surface area contributed by atoms with Gasteiger partial charge in [-0.15, -0.1) is 0 Å². The zero-order valence-electron chi connectivity index (χ0n) is 17.7. The second-order valence-corrected chi connectivity index (χ2v) is 8.39. The van der Waals surface area contributed by atoms with Gasteiger partial charge in [-0.05, 0) is 60.9 Å². The van der Waals surface area contributed by atoms with Crippen LogP contribution in [0.15, 0.2) is 54.6 Å². The molecule has 2 aromatic carbocycles. The van der Waals surface area contributed by atoms with Crippen molar-refractivity contribution in [1.29, 1.82) is 0 Å². The van der Waals surface area contributed by atoms with Crippen molar-refractivity contribution in [1.82, 2.24) is 19.4 Å². The number of hydrogen-bond acceptors (Lipinski definition) is 3. The van der Waals surface area contributed by atoms with E-state index in [9.17, 15) is 13.6 Å². The van der Waals surface area contributed by atoms with Crippen LogP contribution in [0.5, 0.6) is 0 Å². The van der Waals surface area contributed by atoms with E-state index in [1.165, 1.54) is 24.3 Å². The van der Waals surface area contributed by atoms with Crippen LogP contribution in [-0.2, 0) is 19.5 Å². The van der Waals surface area contributed by atoms with Crippen LogP contribution in [0.25, 0.3) is 16.6 Å². The van der Waals surface area contributed by atoms with Crippen molar-refractivity contribution < 1.29 is 13.6 Å². The largest absolute Gasteiger partial charge is 0.370 e. The Kier molecular flexibility index (Phi) is 4.53. The Bertz CT molecular complexity index is 1450. The SMILES string of the molecule is O=C(NC1=CCn2c1nc1c2NCCC1)c1cc2ccc(F)cc2n1Cc1cccc(F)c1. The molecule has 6 nitrogen and oxygen atoms in total. The Hall–Kier alpha value is -3.94. The summed E-state index contributed by atoms with van der Waals surface area (Å²) in [5, 5.41) is 7.13. The third kappa shape index (κ3) is 3.38. The van der Waals surface area contributed by atoms with Crippen molar-refractivity contribution in [3.05, 3.63) is 89.0 Å². The van der Waals surface area contributed by atoms with Gasteiger partial charge in [0.05, 0.1) is 16.9 Å². The van der Waals surface area contributed by atoms with Gasteiger partial charge in [0.15, 0.2) is 5.82 Å². The number of hydrogen-bond donors (Lipinski definition) is 2. The minimum atomic E-state index is -0.397. The molecular weight excluding hydrogens is 424 g/mol. The van der Waals surface area contributed by atoms with Gasteiger partial charge in [-0.2, -0.15) is 0 Å². The Labute approximate surface area is 188 Å². The number of allylic oxidation sites excluding steroid dienone is 1. The lowest BCUT2D eigenvalue weighted by Gasteiger charge is -2.14. The number of nitrogens with one attached hydrogen (secondary N) is 2. The normalized spacial score (nSPS) is 14.5. The molecule has 2 aromatic heterocycles. The summed E-state index contributed by atoms with van der Waals surface area (Å²) in [4.78, 5) is 18.1. The number of benzene rings is 2. The molecule has 0 fully saturated rings. The molecule has 4 heterocycles. The quantitative estimate of drug-likeness (QED) is 0.492. The molecule has 0 saturated heterocycles. The third-order valence-corrected chi connectivity index (χ3v) is 6.22. The Morgan fingerprint density at radius 2 is 2.00 bits per heavy atom. The van der Waals surface area contributed by atoms with Crippen LogP contribution in [-0.4, -0.2) is 26.6 Å². The predicted molar refractivity (Wildman–Crippen MR) is 122 cm³/mol. The maximum atomic E-state index is 14.0. The van der Waals surface area contributed by atoms with E-state index in [1.54, 1.807) is 28.8 Å². The Morgan fingerprint density at radius 1 is 1.12 bits per heavy atom. The number of nitrogens with zero attached hydrogens (tertiary/aromatic N) is 3. The first-order valence-corrected chi connectivity index (χ1v) is 11.0. The number of halogens is 2. The molecule has 6 rings (SSSR count). The summed E-state index contributed by atoms with van der Waals surface area (Å²) < 4.78 is 31.6. The van der Waals surface area contributed by atoms with Crippen LogP contribution in [0.1, 0.15) is 34.0 Å². The van der Waals surface area contributed by atoms with Gasteiger partial charge in [-0.3, -0.25) is 4.79 Å². The summed E-state index contributed by atoms with van der Waals surface area (Å²) in [5.41, 5.74) is 3.30. The maximum absolute atomic E-state index is 14.0. The number of rotatable bonds is 4. The first-order valence-electron chi connectivity index (χ1n) is 11.0. The number of aromatic nitrogens is 3. The van der Waals surface area contributed by atoms with Crippen molar-refractivity contribution in [3.63, 3.8) is 0 Å². The topological polar surface area (TPSA) is 63.9 Å². The molecule has 8 heteroatoms. The van der Waals surface area contributed by atoms with Gasteiger partial charge < -0.3 is 19.8 Å². The molecule has 4 aromatic rings. The molecule has 0 unspecified atom stereocenters. The van der Waals surface area contributed by atoms with Crippen LogP contribution in [0.3, 0.4) is 0 Å². The van der Waals surface area contributed by atoms with E-state index in [0.29, 0.717) is 29.0 Å². The van der Waals surface area contributed by atoms with E-state index in [2.05, 4.69) is 15.2 Å². The highest BCUT2D eigenvalue weighted by molar-refractivity contribution is 6.02. The standard InChI is InChI=1S/C25H21F2N5O/c26-17-4-1-3-15(11-17)14-32-21-13-18(27)7-6-16(21)12-22(32)25(33)30-20-8-10-31-23-19(29-24(20)31)5-2-9-28-23/h1,3-4,6-8,11-13,28H,2,5,9-10,14H2,(H,30,33). The van der Waals surface area contributed by atoms with Crippen LogP contribution < -0.4 is 10.6 Å². The van der Waals surface area contributed by atoms with Crippen molar-refractivity contribution in [2.75, 3.05) is 11.9 Å². The summed E-state index contributed by atoms with van der Waals surface area (Å²) in [6, 6.07) is 12.3. The van der Waals surface area contributed by atoms with Crippen LogP contribution >= 0.6 is 0 Å². The molecule has 0 saturated carbocycles. The highest BCUT2D eigenvalue weighted by atomic mass is 19.1. The molecule has 0 bridgehead atoms. The lowest BCUT2D eigenvalue weighted by atomic mass is 10.2. The first-order chi connectivity index (χ1) is 16.1. The van der Waals surface area contributed by atoms with Crippen molar-refractivity contribution in [2.24, 2.45) is 0 Å². The molecule has 0 spiro atoms. The average molecular weight is 445 g/mol. The predicted octanol–water partition coefficient (Wildman–Crippen LogP) is 4.31. The number of anilines is 1. The molecule has 0 radical (unpaired) electrons. The molecule has 0 atom stereocenters. The highest BCUT2D eigenvalue weighted by Gasteiger charge is 2.27. The first kappa shape index (κ1) is 19.7. The number of fused-ring (bicyclic) bond motifs is 4. The maximum Gasteiger partial charge on any atom is 0.272 e. The minimum absolute atomic E-state index is 0.235. The van der Waals surface area contributed by atoms with Gasteiger partial charge in [0.2, 0.25) is 0 Å². The third-order valence-electron chi connectivity index (χ3n) is 6.22. The van der Waals surface area contributed by atoms with Crippen molar-refractivity contribution in [2.45, 2.75) is 25.9 Å². The van der Waals surface area contributed by atoms with E-state index >= 15 is 0 Å². The van der Waals surface area contributed by atoms with Gasteiger partial charge in [0.25, 0.3) is 5.91 Å². The number of aryl methyl sites for hydroxylation is 1. The van der Waals surface area contributed by atoms with Gasteiger partial charge >= 0.3 is 0 Å². The van der Waals surface area contributed by atoms with Crippen LogP contribution in [0, 0.1) is 11.6 Å². The van der Waals surface area contributed by atoms with Crippen molar-refractivity contribution in [3.8, 4) is 0 Å². The smallest absolute Gasteiger partial charge is 0.272 e. The van der Waals surface area contributed by atoms with E-state index in [-0.39, 0.29) is 18.3 Å². The van der Waals surface area contributed by atoms with Gasteiger partial charge in [0, 0.05) is 25.0 Å². The Balaban J connectivity index is 1.36. The Morgan fingerprint density at radius 3 is 2.88 bits per heavy atom. The van der Waals surface area contributed by atoms with Gasteiger partial charge in [-0.25, -0.2) is 13.8 Å². The van der Waals surface area contributed by atoms with Crippen LogP contribution in [0.4, 0.5) is 14.6 Å². The molecule has 0 aliphatic carbocycles. The summed E-state index contributed by atoms with van der Waals surface area (Å²) >= 11 is 0. The molecular formula is C25H21F2N5O. The summed E-state index contributed by atoms with van der Waals surface area (Å²) in [6.45, 7) is 1.79. The summed E-state index contributed by atoms with van der Waals surface area (Å²) in [5.74, 6) is 0.680. The lowest BCUT2D eigenvalue weighted by Crippen LogP contribution is -2.25. The second-order valence-electron chi connectivity index (χ2n) is 8.39. The van der Waals surface area contributed by atoms with E-state index < -0.39 is 5.82 Å². The van der Waals surface area contributed by atoms with Crippen LogP contribution in [0.2, 0.25) is 0 Å². The fraction of sp³-hybridized carbons (Fsp3) is 0.200. The zero-order chi connectivity index (χ0) is 22.5. The minimum Gasteiger partial charge on any atom is -0.370 e. The summed E-state index contributed by atoms with van der Waals surface area (Å²) in [7, 11) is 0. The lowest BCUT2D eigenvalue weighted by molar-refractivity contribution is 0.0965. The molecule has 2 aliphatic rings. The van der Waals surface area contributed by atoms with E-state index in [0.717, 1.165) is 42.1 Å². The highest BCUT2D eigenvalue weighted by Crippen LogP contribution is 2.30. The van der Waals surface area contributed by atoms with Gasteiger partial charge in [0.1, 0.15) is 23.1 Å². The summed E-state index contributed by atoms with van der Waals surface area (Å²) in [6.07, 6.45) is 3.89. The van der Waals surface area contributed by atoms with Gasteiger partial charge in [-0.1, -0.05) is 12.1 Å². The van der Waals surface area contributed by atoms with E-state index in [1.807, 2.05) is 6.08 Å². The number of carbonyl (C=O) groups is 1. The molecule has 2 aliphatic heterocycles. The molecule has 2 N–H and O–H groups in total. The zero-order valence-corrected chi connectivity index (χ0v) is 17.7. The second kappa shape index (κ2) is 7.58. The number of carbonyl (C=O) groups excluding carboxylic acids is 1. The monoisotopic (exact) mass is 445 g/mol. The molecule has 33 heavy (non-hydrogen) atoms. The van der Waals surface area contributed by atoms with E-state index in [4.69, 9.17) is 4.98 Å². The van der Waals surface area contributed by atoms with Crippen molar-refractivity contribution >= 4 is 28.3 Å². The average Bonchev–Trinajstić information content (AvgIpc) is 3.47. The fourth-order valence-electron chi connectivity index (χ4n) is 4.69. The fourth-order valence-corrected chi connectivity index (χ4v) is 4.69. The number of amides is 1. The number of imidazole rings is 1.